The number of methoxy groups -OCH3 is 1. The Morgan fingerprint density at radius 3 is 2.56 bits per heavy atom. The van der Waals surface area contributed by atoms with Crippen LogP contribution in [-0.2, 0) is 16.0 Å². The van der Waals surface area contributed by atoms with E-state index in [-0.39, 0.29) is 23.7 Å². The van der Waals surface area contributed by atoms with Crippen LogP contribution in [0.15, 0.2) is 71.9 Å². The van der Waals surface area contributed by atoms with Crippen LogP contribution in [0.1, 0.15) is 55.7 Å². The van der Waals surface area contributed by atoms with Gasteiger partial charge in [0.15, 0.2) is 5.90 Å². The zero-order valence-corrected chi connectivity index (χ0v) is 21.3. The van der Waals surface area contributed by atoms with Crippen molar-refractivity contribution < 1.29 is 13.9 Å². The number of halogens is 1. The molecule has 0 bridgehead atoms. The molecule has 0 spiro atoms. The molecule has 36 heavy (non-hydrogen) atoms. The molecule has 2 fully saturated rings. The predicted octanol–water partition coefficient (Wildman–Crippen LogP) is 5.69. The van der Waals surface area contributed by atoms with E-state index in [4.69, 9.17) is 9.73 Å². The van der Waals surface area contributed by atoms with Crippen molar-refractivity contribution in [1.29, 1.82) is 0 Å². The minimum absolute atomic E-state index is 0.0714. The number of rotatable bonds is 11. The highest BCUT2D eigenvalue weighted by Gasteiger charge is 2.27. The topological polar surface area (TPSA) is 53.9 Å². The van der Waals surface area contributed by atoms with Gasteiger partial charge in [-0.3, -0.25) is 4.79 Å². The number of aliphatic imine (C=N–C) groups is 1. The number of hydrogen-bond donors (Lipinski definition) is 1. The SMILES string of the molecule is C=C(Cc1ccccc1)N=C(OC)C1CCN(CCC(NC(=O)CC2CC2)c2cccc(F)c2)CC1. The Kier molecular flexibility index (Phi) is 9.29. The molecule has 2 aromatic rings. The van der Waals surface area contributed by atoms with Crippen LogP contribution in [0.4, 0.5) is 4.39 Å². The number of ether oxygens (including phenoxy) is 1. The number of likely N-dealkylation sites (tertiary alicyclic amines) is 1. The molecule has 0 radical (unpaired) electrons. The summed E-state index contributed by atoms with van der Waals surface area (Å²) in [4.78, 5) is 19.7. The standard InChI is InChI=1S/C30H38FN3O2/c1-22(19-23-7-4-3-5-8-23)32-30(36-2)25-13-16-34(17-14-25)18-15-28(26-9-6-10-27(31)21-26)33-29(35)20-24-11-12-24/h3-10,21,24-25,28H,1,11-20H2,2H3,(H,33,35). The molecule has 1 atom stereocenters. The van der Waals surface area contributed by atoms with Crippen LogP contribution >= 0.6 is 0 Å². The third-order valence-electron chi connectivity index (χ3n) is 7.16. The lowest BCUT2D eigenvalue weighted by Crippen LogP contribution is -2.39. The third kappa shape index (κ3) is 8.02. The average Bonchev–Trinajstić information content (AvgIpc) is 3.70. The maximum atomic E-state index is 13.9. The van der Waals surface area contributed by atoms with Crippen molar-refractivity contribution >= 4 is 11.8 Å². The summed E-state index contributed by atoms with van der Waals surface area (Å²) < 4.78 is 19.6. The van der Waals surface area contributed by atoms with Gasteiger partial charge in [0, 0.05) is 31.0 Å². The summed E-state index contributed by atoms with van der Waals surface area (Å²) in [6.45, 7) is 6.85. The molecule has 2 aliphatic rings. The number of nitrogens with zero attached hydrogens (tertiary/aromatic N) is 2. The summed E-state index contributed by atoms with van der Waals surface area (Å²) in [5.74, 6) is 1.37. The van der Waals surface area contributed by atoms with E-state index in [0.717, 1.165) is 68.9 Å². The van der Waals surface area contributed by atoms with Gasteiger partial charge in [0.1, 0.15) is 5.82 Å². The number of hydrogen-bond acceptors (Lipinski definition) is 4. The van der Waals surface area contributed by atoms with E-state index in [1.807, 2.05) is 24.3 Å². The van der Waals surface area contributed by atoms with Crippen LogP contribution in [0.2, 0.25) is 0 Å². The Balaban J connectivity index is 1.29. The van der Waals surface area contributed by atoms with Gasteiger partial charge in [0.2, 0.25) is 5.91 Å². The highest BCUT2D eigenvalue weighted by molar-refractivity contribution is 5.80. The van der Waals surface area contributed by atoms with Crippen molar-refractivity contribution in [2.45, 2.75) is 51.0 Å². The molecule has 1 aliphatic heterocycles. The molecule has 1 aliphatic carbocycles. The lowest BCUT2D eigenvalue weighted by molar-refractivity contribution is -0.122. The molecule has 1 saturated heterocycles. The number of carbonyl (C=O) groups excluding carboxylic acids is 1. The number of piperidine rings is 1. The van der Waals surface area contributed by atoms with Crippen LogP contribution < -0.4 is 5.32 Å². The van der Waals surface area contributed by atoms with Gasteiger partial charge in [-0.15, -0.1) is 0 Å². The molecule has 0 aromatic heterocycles. The Morgan fingerprint density at radius 1 is 1.14 bits per heavy atom. The van der Waals surface area contributed by atoms with E-state index >= 15 is 0 Å². The molecule has 1 unspecified atom stereocenters. The number of benzene rings is 2. The predicted molar refractivity (Wildman–Crippen MR) is 142 cm³/mol. The lowest BCUT2D eigenvalue weighted by Gasteiger charge is -2.33. The molecule has 1 amide bonds. The van der Waals surface area contributed by atoms with Crippen molar-refractivity contribution in [2.24, 2.45) is 16.8 Å². The first-order valence-corrected chi connectivity index (χ1v) is 13.1. The fourth-order valence-electron chi connectivity index (χ4n) is 4.93. The first-order chi connectivity index (χ1) is 17.5. The molecule has 1 saturated carbocycles. The summed E-state index contributed by atoms with van der Waals surface area (Å²) in [6, 6.07) is 16.6. The second-order valence-corrected chi connectivity index (χ2v) is 10.1. The van der Waals surface area contributed by atoms with E-state index in [9.17, 15) is 9.18 Å². The van der Waals surface area contributed by atoms with E-state index in [0.29, 0.717) is 18.8 Å². The summed E-state index contributed by atoms with van der Waals surface area (Å²) in [5.41, 5.74) is 2.83. The Hall–Kier alpha value is -2.99. The molecular formula is C30H38FN3O2. The molecule has 4 rings (SSSR count). The van der Waals surface area contributed by atoms with Crippen LogP contribution in [0.3, 0.4) is 0 Å². The van der Waals surface area contributed by atoms with Gasteiger partial charge < -0.3 is 15.0 Å². The normalized spacial score (nSPS) is 18.0. The molecule has 192 valence electrons. The molecule has 1 heterocycles. The van der Waals surface area contributed by atoms with Gasteiger partial charge in [-0.1, -0.05) is 49.0 Å². The molecule has 2 aromatic carbocycles. The number of nitrogens with one attached hydrogen (secondary N) is 1. The largest absolute Gasteiger partial charge is 0.484 e. The number of amides is 1. The average molecular weight is 492 g/mol. The smallest absolute Gasteiger partial charge is 0.220 e. The quantitative estimate of drug-likeness (QED) is 0.325. The van der Waals surface area contributed by atoms with Crippen molar-refractivity contribution in [3.8, 4) is 0 Å². The summed E-state index contributed by atoms with van der Waals surface area (Å²) in [5, 5.41) is 3.17. The highest BCUT2D eigenvalue weighted by atomic mass is 19.1. The molecule has 5 nitrogen and oxygen atoms in total. The van der Waals surface area contributed by atoms with E-state index < -0.39 is 0 Å². The first-order valence-electron chi connectivity index (χ1n) is 13.1. The van der Waals surface area contributed by atoms with Crippen molar-refractivity contribution in [2.75, 3.05) is 26.7 Å². The zero-order chi connectivity index (χ0) is 25.3. The van der Waals surface area contributed by atoms with Crippen molar-refractivity contribution in [3.05, 3.63) is 83.8 Å². The second kappa shape index (κ2) is 12.8. The Bertz CT molecular complexity index is 1040. The van der Waals surface area contributed by atoms with Crippen LogP contribution in [0.25, 0.3) is 0 Å². The minimum atomic E-state index is -0.269. The monoisotopic (exact) mass is 491 g/mol. The van der Waals surface area contributed by atoms with E-state index in [1.165, 1.54) is 17.7 Å². The molecule has 1 N–H and O–H groups in total. The number of carbonyl (C=O) groups is 1. The molecular weight excluding hydrogens is 453 g/mol. The van der Waals surface area contributed by atoms with Gasteiger partial charge in [-0.05, 0) is 74.4 Å². The van der Waals surface area contributed by atoms with Crippen LogP contribution in [0, 0.1) is 17.7 Å². The molecule has 6 heteroatoms. The van der Waals surface area contributed by atoms with Crippen LogP contribution in [0.5, 0.6) is 0 Å². The van der Waals surface area contributed by atoms with Crippen LogP contribution in [-0.4, -0.2) is 43.4 Å². The fraction of sp³-hybridized carbons (Fsp3) is 0.467. The van der Waals surface area contributed by atoms with Gasteiger partial charge >= 0.3 is 0 Å². The first kappa shape index (κ1) is 26.1. The van der Waals surface area contributed by atoms with Crippen molar-refractivity contribution in [3.63, 3.8) is 0 Å². The van der Waals surface area contributed by atoms with Crippen molar-refractivity contribution in [1.82, 2.24) is 10.2 Å². The summed E-state index contributed by atoms with van der Waals surface area (Å²) in [6.07, 6.45) is 6.24. The Labute approximate surface area is 214 Å². The zero-order valence-electron chi connectivity index (χ0n) is 21.3. The fourth-order valence-corrected chi connectivity index (χ4v) is 4.93. The van der Waals surface area contributed by atoms with E-state index in [2.05, 4.69) is 28.9 Å². The van der Waals surface area contributed by atoms with Gasteiger partial charge in [0.05, 0.1) is 13.2 Å². The maximum Gasteiger partial charge on any atom is 0.220 e. The lowest BCUT2D eigenvalue weighted by atomic mass is 9.95. The Morgan fingerprint density at radius 2 is 1.89 bits per heavy atom. The van der Waals surface area contributed by atoms with Gasteiger partial charge in [-0.2, -0.15) is 0 Å². The van der Waals surface area contributed by atoms with Gasteiger partial charge in [0.25, 0.3) is 0 Å². The minimum Gasteiger partial charge on any atom is -0.484 e. The summed E-state index contributed by atoms with van der Waals surface area (Å²) >= 11 is 0. The third-order valence-corrected chi connectivity index (χ3v) is 7.16. The summed E-state index contributed by atoms with van der Waals surface area (Å²) in [7, 11) is 1.69. The van der Waals surface area contributed by atoms with E-state index in [1.54, 1.807) is 13.2 Å². The maximum absolute atomic E-state index is 13.9. The van der Waals surface area contributed by atoms with Gasteiger partial charge in [-0.25, -0.2) is 9.38 Å². The number of allylic oxidation sites excluding steroid dienone is 1. The second-order valence-electron chi connectivity index (χ2n) is 10.1. The highest BCUT2D eigenvalue weighted by Crippen LogP contribution is 2.32.